The van der Waals surface area contributed by atoms with Crippen molar-refractivity contribution >= 4 is 5.97 Å². The Bertz CT molecular complexity index is 197. The molecule has 0 radical (unpaired) electrons. The highest BCUT2D eigenvalue weighted by Gasteiger charge is 2.44. The minimum atomic E-state index is -0.831. The molecular formula is C11H20O4. The summed E-state index contributed by atoms with van der Waals surface area (Å²) in [4.78, 5) is 11.6. The van der Waals surface area contributed by atoms with E-state index in [-0.39, 0.29) is 5.97 Å². The Hall–Kier alpha value is -0.610. The van der Waals surface area contributed by atoms with Crippen molar-refractivity contribution in [3.05, 3.63) is 0 Å². The minimum Gasteiger partial charge on any atom is -0.467 e. The average Bonchev–Trinajstić information content (AvgIpc) is 2.73. The zero-order valence-corrected chi connectivity index (χ0v) is 9.58. The molecule has 0 saturated carbocycles. The lowest BCUT2D eigenvalue weighted by molar-refractivity contribution is -0.170. The molecule has 1 unspecified atom stereocenters. The average molecular weight is 216 g/mol. The topological polar surface area (TPSA) is 44.8 Å². The van der Waals surface area contributed by atoms with Crippen LogP contribution in [0.1, 0.15) is 32.6 Å². The van der Waals surface area contributed by atoms with Gasteiger partial charge in [-0.15, -0.1) is 0 Å². The van der Waals surface area contributed by atoms with E-state index in [4.69, 9.17) is 14.2 Å². The van der Waals surface area contributed by atoms with Gasteiger partial charge in [0.1, 0.15) is 0 Å². The summed E-state index contributed by atoms with van der Waals surface area (Å²) in [7, 11) is 1.39. The van der Waals surface area contributed by atoms with Gasteiger partial charge >= 0.3 is 5.97 Å². The maximum absolute atomic E-state index is 11.6. The van der Waals surface area contributed by atoms with Gasteiger partial charge in [-0.25, -0.2) is 4.79 Å². The quantitative estimate of drug-likeness (QED) is 0.499. The lowest BCUT2D eigenvalue weighted by Crippen LogP contribution is -2.43. The van der Waals surface area contributed by atoms with E-state index < -0.39 is 5.60 Å². The molecule has 0 spiro atoms. The fourth-order valence-electron chi connectivity index (χ4n) is 1.70. The van der Waals surface area contributed by atoms with E-state index in [2.05, 4.69) is 6.92 Å². The minimum absolute atomic E-state index is 0.309. The Morgan fingerprint density at radius 1 is 1.53 bits per heavy atom. The lowest BCUT2D eigenvalue weighted by atomic mass is 10.0. The number of carbonyl (C=O) groups is 1. The van der Waals surface area contributed by atoms with Crippen LogP contribution in [0, 0.1) is 0 Å². The van der Waals surface area contributed by atoms with E-state index in [0.29, 0.717) is 26.2 Å². The third-order valence-corrected chi connectivity index (χ3v) is 2.64. The van der Waals surface area contributed by atoms with Crippen LogP contribution in [-0.4, -0.2) is 38.5 Å². The number of rotatable bonds is 6. The molecule has 1 aliphatic rings. The molecule has 0 bridgehead atoms. The maximum Gasteiger partial charge on any atom is 0.340 e. The van der Waals surface area contributed by atoms with Crippen LogP contribution in [0.25, 0.3) is 0 Å². The van der Waals surface area contributed by atoms with Crippen molar-refractivity contribution in [2.75, 3.05) is 26.9 Å². The third-order valence-electron chi connectivity index (χ3n) is 2.64. The first-order chi connectivity index (χ1) is 7.25. The molecule has 0 N–H and O–H groups in total. The van der Waals surface area contributed by atoms with E-state index in [1.807, 2.05) is 0 Å². The fraction of sp³-hybridized carbons (Fsp3) is 0.909. The summed E-state index contributed by atoms with van der Waals surface area (Å²) in [6, 6.07) is 0. The first-order valence-corrected chi connectivity index (χ1v) is 5.55. The van der Waals surface area contributed by atoms with Gasteiger partial charge in [0.15, 0.2) is 5.60 Å². The Morgan fingerprint density at radius 3 is 2.87 bits per heavy atom. The maximum atomic E-state index is 11.6. The summed E-state index contributed by atoms with van der Waals surface area (Å²) in [6.07, 6.45) is 3.70. The van der Waals surface area contributed by atoms with Crippen molar-refractivity contribution < 1.29 is 19.0 Å². The van der Waals surface area contributed by atoms with Crippen molar-refractivity contribution in [1.82, 2.24) is 0 Å². The summed E-state index contributed by atoms with van der Waals surface area (Å²) in [5.74, 6) is -0.309. The summed E-state index contributed by atoms with van der Waals surface area (Å²) >= 11 is 0. The summed E-state index contributed by atoms with van der Waals surface area (Å²) in [6.45, 7) is 3.72. The number of esters is 1. The van der Waals surface area contributed by atoms with Gasteiger partial charge in [-0.1, -0.05) is 13.3 Å². The van der Waals surface area contributed by atoms with Crippen molar-refractivity contribution in [2.45, 2.75) is 38.2 Å². The number of hydrogen-bond acceptors (Lipinski definition) is 4. The van der Waals surface area contributed by atoms with Gasteiger partial charge in [-0.05, 0) is 19.3 Å². The predicted octanol–water partition coefficient (Wildman–Crippen LogP) is 1.53. The van der Waals surface area contributed by atoms with Gasteiger partial charge < -0.3 is 14.2 Å². The Balaban J connectivity index is 2.40. The summed E-state index contributed by atoms with van der Waals surface area (Å²) in [5.41, 5.74) is -0.831. The van der Waals surface area contributed by atoms with E-state index in [0.717, 1.165) is 19.3 Å². The van der Waals surface area contributed by atoms with Gasteiger partial charge in [0.2, 0.25) is 0 Å². The Labute approximate surface area is 90.9 Å². The Kier molecular flexibility index (Phi) is 5.05. The van der Waals surface area contributed by atoms with Gasteiger partial charge in [0.05, 0.1) is 13.7 Å². The van der Waals surface area contributed by atoms with Gasteiger partial charge in [0, 0.05) is 13.2 Å². The molecule has 0 amide bonds. The van der Waals surface area contributed by atoms with Crippen LogP contribution < -0.4 is 0 Å². The number of carbonyl (C=O) groups excluding carboxylic acids is 1. The summed E-state index contributed by atoms with van der Waals surface area (Å²) < 4.78 is 15.7. The third kappa shape index (κ3) is 3.18. The van der Waals surface area contributed by atoms with Crippen LogP contribution in [0.5, 0.6) is 0 Å². The monoisotopic (exact) mass is 216 g/mol. The van der Waals surface area contributed by atoms with Crippen LogP contribution in [0.4, 0.5) is 0 Å². The van der Waals surface area contributed by atoms with Crippen LogP contribution in [0.3, 0.4) is 0 Å². The molecule has 4 nitrogen and oxygen atoms in total. The second-order valence-corrected chi connectivity index (χ2v) is 3.84. The highest BCUT2D eigenvalue weighted by Crippen LogP contribution is 2.27. The van der Waals surface area contributed by atoms with Crippen molar-refractivity contribution in [1.29, 1.82) is 0 Å². The molecule has 15 heavy (non-hydrogen) atoms. The van der Waals surface area contributed by atoms with E-state index in [1.165, 1.54) is 7.11 Å². The van der Waals surface area contributed by atoms with Crippen LogP contribution in [0.2, 0.25) is 0 Å². The number of ether oxygens (including phenoxy) is 3. The molecular weight excluding hydrogens is 196 g/mol. The number of hydrogen-bond donors (Lipinski definition) is 0. The molecule has 1 fully saturated rings. The molecule has 0 aromatic carbocycles. The van der Waals surface area contributed by atoms with Crippen LogP contribution in [0.15, 0.2) is 0 Å². The standard InChI is InChI=1S/C11H20O4/c1-3-4-7-14-9-11(10(12)13-2)6-5-8-15-11/h3-9H2,1-2H3. The largest absolute Gasteiger partial charge is 0.467 e. The highest BCUT2D eigenvalue weighted by atomic mass is 16.6. The molecule has 1 heterocycles. The van der Waals surface area contributed by atoms with Crippen LogP contribution in [-0.2, 0) is 19.0 Å². The summed E-state index contributed by atoms with van der Waals surface area (Å²) in [5, 5.41) is 0. The van der Waals surface area contributed by atoms with E-state index >= 15 is 0 Å². The highest BCUT2D eigenvalue weighted by molar-refractivity contribution is 5.80. The fourth-order valence-corrected chi connectivity index (χ4v) is 1.70. The first-order valence-electron chi connectivity index (χ1n) is 5.55. The second-order valence-electron chi connectivity index (χ2n) is 3.84. The Morgan fingerprint density at radius 2 is 2.33 bits per heavy atom. The van der Waals surface area contributed by atoms with Crippen molar-refractivity contribution in [3.63, 3.8) is 0 Å². The molecule has 4 heteroatoms. The second kappa shape index (κ2) is 6.08. The lowest BCUT2D eigenvalue weighted by Gasteiger charge is -2.24. The molecule has 88 valence electrons. The van der Waals surface area contributed by atoms with Crippen molar-refractivity contribution in [3.8, 4) is 0 Å². The molecule has 1 saturated heterocycles. The van der Waals surface area contributed by atoms with Gasteiger partial charge in [0.25, 0.3) is 0 Å². The van der Waals surface area contributed by atoms with Crippen LogP contribution >= 0.6 is 0 Å². The number of unbranched alkanes of at least 4 members (excludes halogenated alkanes) is 1. The normalized spacial score (nSPS) is 25.5. The molecule has 1 aliphatic heterocycles. The SMILES string of the molecule is CCCCOCC1(C(=O)OC)CCCO1. The molecule has 1 rings (SSSR count). The molecule has 0 aromatic heterocycles. The smallest absolute Gasteiger partial charge is 0.340 e. The van der Waals surface area contributed by atoms with Gasteiger partial charge in [-0.3, -0.25) is 0 Å². The zero-order valence-electron chi connectivity index (χ0n) is 9.58. The van der Waals surface area contributed by atoms with Crippen molar-refractivity contribution in [2.24, 2.45) is 0 Å². The molecule has 1 atom stereocenters. The molecule has 0 aliphatic carbocycles. The molecule has 0 aromatic rings. The first kappa shape index (κ1) is 12.5. The zero-order chi connectivity index (χ0) is 11.1. The van der Waals surface area contributed by atoms with E-state index in [1.54, 1.807) is 0 Å². The van der Waals surface area contributed by atoms with Gasteiger partial charge in [-0.2, -0.15) is 0 Å². The van der Waals surface area contributed by atoms with E-state index in [9.17, 15) is 4.79 Å². The number of methoxy groups -OCH3 is 1. The predicted molar refractivity (Wildman–Crippen MR) is 55.7 cm³/mol.